The summed E-state index contributed by atoms with van der Waals surface area (Å²) < 4.78 is 28.0. The lowest BCUT2D eigenvalue weighted by Gasteiger charge is -2.11. The van der Waals surface area contributed by atoms with Crippen molar-refractivity contribution >= 4 is 6.29 Å². The fourth-order valence-electron chi connectivity index (χ4n) is 2.39. The van der Waals surface area contributed by atoms with E-state index in [1.807, 2.05) is 0 Å². The number of aldehydes is 1. The Balaban J connectivity index is 2.28. The molecule has 0 N–H and O–H groups in total. The van der Waals surface area contributed by atoms with Crippen molar-refractivity contribution in [3.05, 3.63) is 78.1 Å². The molecule has 0 saturated carbocycles. The van der Waals surface area contributed by atoms with E-state index in [0.717, 1.165) is 0 Å². The molecule has 0 spiro atoms. The summed E-state index contributed by atoms with van der Waals surface area (Å²) in [4.78, 5) is 15.6. The molecular weight excluding hydrogens is 284 g/mol. The molecule has 2 nitrogen and oxygen atoms in total. The Bertz CT molecular complexity index is 782. The number of benzene rings is 2. The van der Waals surface area contributed by atoms with Gasteiger partial charge < -0.3 is 0 Å². The molecule has 3 rings (SSSR count). The van der Waals surface area contributed by atoms with Crippen LogP contribution < -0.4 is 0 Å². The van der Waals surface area contributed by atoms with Crippen LogP contribution in [0.15, 0.2) is 60.9 Å². The second kappa shape index (κ2) is 5.85. The van der Waals surface area contributed by atoms with Crippen molar-refractivity contribution in [1.82, 2.24) is 4.98 Å². The highest BCUT2D eigenvalue weighted by Gasteiger charge is 2.16. The SMILES string of the molecule is O=Cc1c(-c2ccccc2F)cncc1-c1ccccc1F. The molecule has 0 unspecified atom stereocenters. The number of hydrogen-bond donors (Lipinski definition) is 0. The third kappa shape index (κ3) is 2.39. The number of rotatable bonds is 3. The van der Waals surface area contributed by atoms with Gasteiger partial charge in [-0.05, 0) is 12.1 Å². The van der Waals surface area contributed by atoms with Crippen LogP contribution in [-0.2, 0) is 0 Å². The highest BCUT2D eigenvalue weighted by atomic mass is 19.1. The Hall–Kier alpha value is -2.88. The summed E-state index contributed by atoms with van der Waals surface area (Å²) in [6.07, 6.45) is 3.42. The number of carbonyl (C=O) groups excluding carboxylic acids is 1. The second-order valence-electron chi connectivity index (χ2n) is 4.73. The van der Waals surface area contributed by atoms with Crippen molar-refractivity contribution in [3.8, 4) is 22.3 Å². The normalized spacial score (nSPS) is 10.5. The molecule has 4 heteroatoms. The zero-order valence-electron chi connectivity index (χ0n) is 11.5. The lowest BCUT2D eigenvalue weighted by atomic mass is 9.94. The molecule has 22 heavy (non-hydrogen) atoms. The molecule has 0 bridgehead atoms. The van der Waals surface area contributed by atoms with E-state index in [1.54, 1.807) is 36.4 Å². The molecule has 0 fully saturated rings. The predicted molar refractivity (Wildman–Crippen MR) is 80.4 cm³/mol. The Morgan fingerprint density at radius 2 is 1.18 bits per heavy atom. The molecule has 0 aliphatic rings. The third-order valence-corrected chi connectivity index (χ3v) is 3.43. The van der Waals surface area contributed by atoms with Crippen molar-refractivity contribution in [3.63, 3.8) is 0 Å². The minimum absolute atomic E-state index is 0.213. The summed E-state index contributed by atoms with van der Waals surface area (Å²) in [5.41, 5.74) is 1.42. The molecule has 108 valence electrons. The minimum atomic E-state index is -0.460. The van der Waals surface area contributed by atoms with Crippen LogP contribution in [0.25, 0.3) is 22.3 Å². The van der Waals surface area contributed by atoms with E-state index < -0.39 is 11.6 Å². The van der Waals surface area contributed by atoms with E-state index in [9.17, 15) is 13.6 Å². The molecule has 0 amide bonds. The Labute approximate surface area is 126 Å². The van der Waals surface area contributed by atoms with Gasteiger partial charge in [0.15, 0.2) is 6.29 Å². The van der Waals surface area contributed by atoms with Gasteiger partial charge in [0.25, 0.3) is 0 Å². The van der Waals surface area contributed by atoms with E-state index in [-0.39, 0.29) is 16.7 Å². The largest absolute Gasteiger partial charge is 0.298 e. The van der Waals surface area contributed by atoms with E-state index >= 15 is 0 Å². The van der Waals surface area contributed by atoms with Gasteiger partial charge in [0.2, 0.25) is 0 Å². The first kappa shape index (κ1) is 14.1. The minimum Gasteiger partial charge on any atom is -0.298 e. The molecule has 0 aliphatic heterocycles. The van der Waals surface area contributed by atoms with E-state index in [1.165, 1.54) is 24.5 Å². The van der Waals surface area contributed by atoms with Crippen molar-refractivity contribution < 1.29 is 13.6 Å². The average molecular weight is 295 g/mol. The maximum absolute atomic E-state index is 14.0. The highest BCUT2D eigenvalue weighted by Crippen LogP contribution is 2.32. The number of nitrogens with zero attached hydrogens (tertiary/aromatic N) is 1. The zero-order chi connectivity index (χ0) is 15.5. The maximum atomic E-state index is 14.0. The van der Waals surface area contributed by atoms with Crippen LogP contribution >= 0.6 is 0 Å². The maximum Gasteiger partial charge on any atom is 0.151 e. The van der Waals surface area contributed by atoms with Crippen LogP contribution in [0.3, 0.4) is 0 Å². The second-order valence-corrected chi connectivity index (χ2v) is 4.73. The van der Waals surface area contributed by atoms with Crippen molar-refractivity contribution in [2.45, 2.75) is 0 Å². The van der Waals surface area contributed by atoms with Crippen LogP contribution in [0.4, 0.5) is 8.78 Å². The standard InChI is InChI=1S/C18H11F2NO/c19-17-7-3-1-5-12(17)14-9-21-10-15(16(14)11-22)13-6-2-4-8-18(13)20/h1-11H. The molecule has 3 aromatic rings. The molecule has 0 radical (unpaired) electrons. The Kier molecular flexibility index (Phi) is 3.74. The summed E-state index contributed by atoms with van der Waals surface area (Å²) >= 11 is 0. The number of carbonyl (C=O) groups is 1. The van der Waals surface area contributed by atoms with Crippen LogP contribution in [-0.4, -0.2) is 11.3 Å². The fraction of sp³-hybridized carbons (Fsp3) is 0. The molecule has 1 aromatic heterocycles. The van der Waals surface area contributed by atoms with Gasteiger partial charge in [-0.15, -0.1) is 0 Å². The van der Waals surface area contributed by atoms with Gasteiger partial charge in [-0.3, -0.25) is 9.78 Å². The average Bonchev–Trinajstić information content (AvgIpc) is 2.55. The number of halogens is 2. The molecule has 2 aromatic carbocycles. The monoisotopic (exact) mass is 295 g/mol. The molecule has 0 saturated heterocycles. The predicted octanol–water partition coefficient (Wildman–Crippen LogP) is 4.51. The lowest BCUT2D eigenvalue weighted by molar-refractivity contribution is 0.112. The Morgan fingerprint density at radius 1 is 0.727 bits per heavy atom. The van der Waals surface area contributed by atoms with E-state index in [0.29, 0.717) is 17.4 Å². The summed E-state index contributed by atoms with van der Waals surface area (Å²) in [6, 6.07) is 12.2. The Morgan fingerprint density at radius 3 is 1.59 bits per heavy atom. The molecule has 0 aliphatic carbocycles. The number of hydrogen-bond acceptors (Lipinski definition) is 2. The highest BCUT2D eigenvalue weighted by molar-refractivity contribution is 5.96. The van der Waals surface area contributed by atoms with E-state index in [2.05, 4.69) is 4.98 Å². The van der Waals surface area contributed by atoms with Gasteiger partial charge in [0, 0.05) is 40.2 Å². The summed E-state index contributed by atoms with van der Waals surface area (Å²) in [5.74, 6) is -0.920. The molecule has 0 atom stereocenters. The zero-order valence-corrected chi connectivity index (χ0v) is 11.5. The van der Waals surface area contributed by atoms with Crippen LogP contribution in [0.1, 0.15) is 10.4 Å². The van der Waals surface area contributed by atoms with Gasteiger partial charge in [-0.25, -0.2) is 8.78 Å². The van der Waals surface area contributed by atoms with E-state index in [4.69, 9.17) is 0 Å². The summed E-state index contributed by atoms with van der Waals surface area (Å²) in [6.45, 7) is 0. The summed E-state index contributed by atoms with van der Waals surface area (Å²) in [5, 5.41) is 0. The van der Waals surface area contributed by atoms with Crippen molar-refractivity contribution in [2.75, 3.05) is 0 Å². The topological polar surface area (TPSA) is 30.0 Å². The molecule has 1 heterocycles. The number of aromatic nitrogens is 1. The third-order valence-electron chi connectivity index (χ3n) is 3.43. The van der Waals surface area contributed by atoms with Gasteiger partial charge in [0.05, 0.1) is 0 Å². The fourth-order valence-corrected chi connectivity index (χ4v) is 2.39. The molecular formula is C18H11F2NO. The number of pyridine rings is 1. The van der Waals surface area contributed by atoms with Crippen LogP contribution in [0.2, 0.25) is 0 Å². The van der Waals surface area contributed by atoms with Crippen LogP contribution in [0.5, 0.6) is 0 Å². The van der Waals surface area contributed by atoms with Crippen molar-refractivity contribution in [1.29, 1.82) is 0 Å². The summed E-state index contributed by atoms with van der Waals surface area (Å²) in [7, 11) is 0. The van der Waals surface area contributed by atoms with Crippen LogP contribution in [0, 0.1) is 11.6 Å². The smallest absolute Gasteiger partial charge is 0.151 e. The quantitative estimate of drug-likeness (QED) is 0.666. The van der Waals surface area contributed by atoms with Crippen molar-refractivity contribution in [2.24, 2.45) is 0 Å². The first-order valence-corrected chi connectivity index (χ1v) is 6.65. The first-order chi connectivity index (χ1) is 10.7. The van der Waals surface area contributed by atoms with Gasteiger partial charge in [-0.2, -0.15) is 0 Å². The van der Waals surface area contributed by atoms with Gasteiger partial charge >= 0.3 is 0 Å². The first-order valence-electron chi connectivity index (χ1n) is 6.65. The van der Waals surface area contributed by atoms with Gasteiger partial charge in [-0.1, -0.05) is 36.4 Å². The lowest BCUT2D eigenvalue weighted by Crippen LogP contribution is -1.97. The van der Waals surface area contributed by atoms with Gasteiger partial charge in [0.1, 0.15) is 11.6 Å².